The highest BCUT2D eigenvalue weighted by Crippen LogP contribution is 2.34. The number of benzene rings is 2. The average Bonchev–Trinajstić information content (AvgIpc) is 3.01. The van der Waals surface area contributed by atoms with Crippen molar-refractivity contribution < 1.29 is 18.7 Å². The van der Waals surface area contributed by atoms with Crippen LogP contribution in [0, 0.1) is 12.7 Å². The molecule has 0 radical (unpaired) electrons. The van der Waals surface area contributed by atoms with Gasteiger partial charge in [0.25, 0.3) is 5.91 Å². The van der Waals surface area contributed by atoms with E-state index in [0.29, 0.717) is 30.8 Å². The molecule has 0 saturated carbocycles. The number of carbonyl (C=O) groups excluding carboxylic acids is 1. The lowest BCUT2D eigenvalue weighted by Crippen LogP contribution is -2.31. The number of ether oxygens (including phenoxy) is 2. The van der Waals surface area contributed by atoms with E-state index in [1.54, 1.807) is 26.2 Å². The molecule has 1 amide bonds. The maximum atomic E-state index is 13.5. The number of aryl methyl sites for hydroxylation is 1. The van der Waals surface area contributed by atoms with Gasteiger partial charge >= 0.3 is 0 Å². The lowest BCUT2D eigenvalue weighted by Gasteiger charge is -2.12. The Labute approximate surface area is 171 Å². The maximum absolute atomic E-state index is 13.5. The molecule has 7 heteroatoms. The van der Waals surface area contributed by atoms with Crippen LogP contribution in [0.4, 0.5) is 4.39 Å². The van der Waals surface area contributed by atoms with Gasteiger partial charge in [-0.3, -0.25) is 4.79 Å². The Hall–Kier alpha value is -2.31. The largest absolute Gasteiger partial charge is 0.496 e. The number of nitrogens with one attached hydrogen (secondary N) is 2. The highest BCUT2D eigenvalue weighted by Gasteiger charge is 2.21. The Morgan fingerprint density at radius 3 is 2.79 bits per heavy atom. The molecule has 2 aromatic rings. The van der Waals surface area contributed by atoms with Crippen LogP contribution in [0.2, 0.25) is 0 Å². The van der Waals surface area contributed by atoms with Crippen LogP contribution in [-0.2, 0) is 13.0 Å². The number of hydrogen-bond donors (Lipinski definition) is 2. The topological polar surface area (TPSA) is 59.6 Å². The molecule has 0 saturated heterocycles. The molecule has 5 nitrogen and oxygen atoms in total. The number of rotatable bonds is 7. The van der Waals surface area contributed by atoms with Crippen molar-refractivity contribution >= 4 is 18.3 Å². The predicted molar refractivity (Wildman–Crippen MR) is 109 cm³/mol. The second kappa shape index (κ2) is 9.75. The van der Waals surface area contributed by atoms with E-state index in [1.165, 1.54) is 11.6 Å². The minimum atomic E-state index is -0.374. The molecule has 1 unspecified atom stereocenters. The zero-order valence-corrected chi connectivity index (χ0v) is 17.1. The van der Waals surface area contributed by atoms with E-state index < -0.39 is 0 Å². The highest BCUT2D eigenvalue weighted by molar-refractivity contribution is 5.94. The number of amides is 1. The Bertz CT molecular complexity index is 845. The Kier molecular flexibility index (Phi) is 7.66. The molecular weight excluding hydrogens is 383 g/mol. The van der Waals surface area contributed by atoms with Crippen molar-refractivity contribution in [3.8, 4) is 11.5 Å². The van der Waals surface area contributed by atoms with Crippen molar-refractivity contribution in [1.29, 1.82) is 0 Å². The van der Waals surface area contributed by atoms with Gasteiger partial charge in [0.15, 0.2) is 0 Å². The van der Waals surface area contributed by atoms with E-state index in [9.17, 15) is 9.18 Å². The van der Waals surface area contributed by atoms with Crippen molar-refractivity contribution in [2.45, 2.75) is 32.9 Å². The van der Waals surface area contributed by atoms with Gasteiger partial charge in [-0.2, -0.15) is 0 Å². The quantitative estimate of drug-likeness (QED) is 0.689. The first-order valence-corrected chi connectivity index (χ1v) is 9.09. The molecule has 3 rings (SSSR count). The summed E-state index contributed by atoms with van der Waals surface area (Å²) < 4.78 is 24.8. The van der Waals surface area contributed by atoms with Gasteiger partial charge in [-0.1, -0.05) is 6.07 Å². The number of methoxy groups -OCH3 is 1. The molecule has 1 aliphatic rings. The third-order valence-corrected chi connectivity index (χ3v) is 4.64. The fourth-order valence-corrected chi connectivity index (χ4v) is 3.13. The first kappa shape index (κ1) is 22.0. The summed E-state index contributed by atoms with van der Waals surface area (Å²) in [6.45, 7) is 5.34. The van der Waals surface area contributed by atoms with Gasteiger partial charge in [0.2, 0.25) is 0 Å². The molecule has 1 heterocycles. The second-order valence-corrected chi connectivity index (χ2v) is 6.80. The normalized spacial score (nSPS) is 14.6. The molecule has 1 aliphatic heterocycles. The highest BCUT2D eigenvalue weighted by atomic mass is 35.5. The lowest BCUT2D eigenvalue weighted by molar-refractivity contribution is 0.0953. The third kappa shape index (κ3) is 5.14. The SMILES string of the molecule is COc1cc2c(cc1CNCCNC(=O)c1ccc(C)c(F)c1)OC(C)C2.Cl. The van der Waals surface area contributed by atoms with E-state index in [1.807, 2.05) is 19.1 Å². The standard InChI is InChI=1S/C21H25FN2O3.ClH/c1-13-4-5-15(9-18(13)22)21(25)24-7-6-23-12-17-11-20-16(8-14(2)27-20)10-19(17)26-3;/h4-5,9-11,14,23H,6-8,12H2,1-3H3,(H,24,25);1H. The van der Waals surface area contributed by atoms with Crippen LogP contribution in [0.15, 0.2) is 30.3 Å². The maximum Gasteiger partial charge on any atom is 0.251 e. The zero-order valence-electron chi connectivity index (χ0n) is 16.3. The molecule has 28 heavy (non-hydrogen) atoms. The van der Waals surface area contributed by atoms with Crippen molar-refractivity contribution in [3.63, 3.8) is 0 Å². The van der Waals surface area contributed by atoms with Crippen LogP contribution in [-0.4, -0.2) is 32.2 Å². The Morgan fingerprint density at radius 1 is 1.29 bits per heavy atom. The zero-order chi connectivity index (χ0) is 19.4. The van der Waals surface area contributed by atoms with Crippen LogP contribution >= 0.6 is 12.4 Å². The van der Waals surface area contributed by atoms with E-state index in [4.69, 9.17) is 9.47 Å². The van der Waals surface area contributed by atoms with Gasteiger partial charge in [-0.25, -0.2) is 4.39 Å². The van der Waals surface area contributed by atoms with Gasteiger partial charge in [0.05, 0.1) is 7.11 Å². The molecule has 2 aromatic carbocycles. The number of carbonyl (C=O) groups is 1. The van der Waals surface area contributed by atoms with E-state index in [2.05, 4.69) is 10.6 Å². The van der Waals surface area contributed by atoms with Crippen LogP contribution in [0.1, 0.15) is 34.0 Å². The molecule has 0 aliphatic carbocycles. The summed E-state index contributed by atoms with van der Waals surface area (Å²) in [7, 11) is 1.66. The summed E-state index contributed by atoms with van der Waals surface area (Å²) in [5, 5.41) is 6.07. The number of halogens is 2. The van der Waals surface area contributed by atoms with Crippen molar-refractivity contribution in [2.24, 2.45) is 0 Å². The summed E-state index contributed by atoms with van der Waals surface area (Å²) in [6, 6.07) is 8.53. The van der Waals surface area contributed by atoms with Gasteiger partial charge in [-0.15, -0.1) is 12.4 Å². The molecule has 2 N–H and O–H groups in total. The van der Waals surface area contributed by atoms with E-state index in [-0.39, 0.29) is 30.2 Å². The van der Waals surface area contributed by atoms with Crippen LogP contribution in [0.3, 0.4) is 0 Å². The molecule has 0 spiro atoms. The number of hydrogen-bond acceptors (Lipinski definition) is 4. The molecule has 0 bridgehead atoms. The Morgan fingerprint density at radius 2 is 2.07 bits per heavy atom. The minimum absolute atomic E-state index is 0. The molecule has 0 aromatic heterocycles. The van der Waals surface area contributed by atoms with Crippen LogP contribution in [0.25, 0.3) is 0 Å². The van der Waals surface area contributed by atoms with Crippen molar-refractivity contribution in [1.82, 2.24) is 10.6 Å². The first-order valence-electron chi connectivity index (χ1n) is 9.09. The summed E-state index contributed by atoms with van der Waals surface area (Å²) in [5.74, 6) is 1.09. The van der Waals surface area contributed by atoms with Crippen LogP contribution in [0.5, 0.6) is 11.5 Å². The summed E-state index contributed by atoms with van der Waals surface area (Å²) >= 11 is 0. The predicted octanol–water partition coefficient (Wildman–Crippen LogP) is 3.41. The fraction of sp³-hybridized carbons (Fsp3) is 0.381. The molecule has 1 atom stereocenters. The summed E-state index contributed by atoms with van der Waals surface area (Å²) in [4.78, 5) is 12.1. The van der Waals surface area contributed by atoms with Gasteiger partial charge in [-0.05, 0) is 43.7 Å². The van der Waals surface area contributed by atoms with Gasteiger partial charge < -0.3 is 20.1 Å². The molecule has 0 fully saturated rings. The Balaban J connectivity index is 0.00000280. The van der Waals surface area contributed by atoms with Gasteiger partial charge in [0.1, 0.15) is 23.4 Å². The second-order valence-electron chi connectivity index (χ2n) is 6.80. The van der Waals surface area contributed by atoms with Crippen LogP contribution < -0.4 is 20.1 Å². The van der Waals surface area contributed by atoms with Gasteiger partial charge in [0, 0.05) is 42.7 Å². The lowest BCUT2D eigenvalue weighted by atomic mass is 10.1. The van der Waals surface area contributed by atoms with E-state index >= 15 is 0 Å². The monoisotopic (exact) mass is 408 g/mol. The minimum Gasteiger partial charge on any atom is -0.496 e. The smallest absolute Gasteiger partial charge is 0.251 e. The average molecular weight is 409 g/mol. The molecular formula is C21H26ClFN2O3. The molecule has 152 valence electrons. The summed E-state index contributed by atoms with van der Waals surface area (Å²) in [5.41, 5.74) is 3.03. The van der Waals surface area contributed by atoms with E-state index in [0.717, 1.165) is 23.5 Å². The first-order chi connectivity index (χ1) is 13.0. The third-order valence-electron chi connectivity index (χ3n) is 4.64. The number of fused-ring (bicyclic) bond motifs is 1. The summed E-state index contributed by atoms with van der Waals surface area (Å²) in [6.07, 6.45) is 1.08. The van der Waals surface area contributed by atoms with Crippen molar-refractivity contribution in [3.05, 3.63) is 58.4 Å². The van der Waals surface area contributed by atoms with Crippen molar-refractivity contribution in [2.75, 3.05) is 20.2 Å². The fourth-order valence-electron chi connectivity index (χ4n) is 3.13.